The van der Waals surface area contributed by atoms with E-state index in [1.165, 1.54) is 29.5 Å². The summed E-state index contributed by atoms with van der Waals surface area (Å²) in [5, 5.41) is 7.56. The third-order valence-corrected chi connectivity index (χ3v) is 5.67. The number of unbranched alkanes of at least 4 members (excludes halogenated alkanes) is 4. The summed E-state index contributed by atoms with van der Waals surface area (Å²) in [6.07, 6.45) is 7.33. The minimum atomic E-state index is -0.248. The van der Waals surface area contributed by atoms with Crippen molar-refractivity contribution in [3.63, 3.8) is 0 Å². The normalized spacial score (nSPS) is 11.6. The van der Waals surface area contributed by atoms with Gasteiger partial charge in [0.25, 0.3) is 5.91 Å². The average molecular weight is 443 g/mol. The van der Waals surface area contributed by atoms with Crippen molar-refractivity contribution in [3.8, 4) is 0 Å². The monoisotopic (exact) mass is 442 g/mol. The van der Waals surface area contributed by atoms with Crippen LogP contribution in [0.2, 0.25) is 0 Å². The summed E-state index contributed by atoms with van der Waals surface area (Å²) >= 11 is 0. The topological polar surface area (TPSA) is 98.2 Å². The van der Waals surface area contributed by atoms with E-state index in [-0.39, 0.29) is 11.7 Å². The Bertz CT molecular complexity index is 1290. The van der Waals surface area contributed by atoms with Crippen molar-refractivity contribution in [3.05, 3.63) is 65.2 Å². The van der Waals surface area contributed by atoms with Gasteiger partial charge >= 0.3 is 0 Å². The first-order valence-corrected chi connectivity index (χ1v) is 11.5. The lowest BCUT2D eigenvalue weighted by atomic mass is 10.1. The lowest BCUT2D eigenvalue weighted by molar-refractivity contribution is 0.0955. The number of amides is 1. The number of aromatic nitrogens is 3. The van der Waals surface area contributed by atoms with Gasteiger partial charge in [0.1, 0.15) is 16.9 Å². The number of hydrogen-bond donors (Lipinski definition) is 2. The number of hydrogen-bond acceptors (Lipinski definition) is 5. The van der Waals surface area contributed by atoms with Gasteiger partial charge in [0.05, 0.1) is 17.2 Å². The van der Waals surface area contributed by atoms with Crippen molar-refractivity contribution in [1.82, 2.24) is 20.0 Å². The lowest BCUT2D eigenvalue weighted by Gasteiger charge is -2.05. The highest BCUT2D eigenvalue weighted by molar-refractivity contribution is 6.10. The van der Waals surface area contributed by atoms with E-state index in [0.29, 0.717) is 28.8 Å². The molecule has 0 radical (unpaired) electrons. The van der Waals surface area contributed by atoms with Gasteiger partial charge in [-0.25, -0.2) is 9.97 Å². The Balaban J connectivity index is 1.69. The van der Waals surface area contributed by atoms with E-state index in [1.54, 1.807) is 6.21 Å². The van der Waals surface area contributed by atoms with Crippen LogP contribution in [0.25, 0.3) is 22.2 Å². The van der Waals surface area contributed by atoms with Gasteiger partial charge in [0, 0.05) is 6.54 Å². The molecule has 2 aromatic carbocycles. The van der Waals surface area contributed by atoms with E-state index in [1.807, 2.05) is 55.5 Å². The molecule has 0 aliphatic heterocycles. The summed E-state index contributed by atoms with van der Waals surface area (Å²) in [4.78, 5) is 22.5. The molecule has 0 atom stereocenters. The summed E-state index contributed by atoms with van der Waals surface area (Å²) in [5.74, 6) is -0.0194. The maximum atomic E-state index is 13.1. The van der Waals surface area contributed by atoms with Crippen LogP contribution in [-0.2, 0) is 0 Å². The number of carbonyl (C=O) groups is 1. The van der Waals surface area contributed by atoms with E-state index in [9.17, 15) is 4.79 Å². The van der Waals surface area contributed by atoms with E-state index >= 15 is 0 Å². The summed E-state index contributed by atoms with van der Waals surface area (Å²) < 4.78 is 1.50. The Morgan fingerprint density at radius 1 is 1.03 bits per heavy atom. The maximum Gasteiger partial charge on any atom is 0.257 e. The highest BCUT2D eigenvalue weighted by Gasteiger charge is 2.23. The minimum absolute atomic E-state index is 0.229. The number of nitrogen functional groups attached to an aromatic ring is 1. The smallest absolute Gasteiger partial charge is 0.257 e. The molecule has 170 valence electrons. The molecular weight excluding hydrogens is 412 g/mol. The summed E-state index contributed by atoms with van der Waals surface area (Å²) in [7, 11) is 0. The van der Waals surface area contributed by atoms with E-state index < -0.39 is 0 Å². The van der Waals surface area contributed by atoms with Gasteiger partial charge in [0.15, 0.2) is 5.65 Å². The molecule has 4 aromatic rings. The Hall–Kier alpha value is -3.74. The molecule has 0 unspecified atom stereocenters. The Kier molecular flexibility index (Phi) is 6.98. The maximum absolute atomic E-state index is 13.1. The molecule has 0 saturated heterocycles. The largest absolute Gasteiger partial charge is 0.383 e. The number of anilines is 1. The molecule has 0 saturated carbocycles. The second kappa shape index (κ2) is 10.3. The first-order valence-electron chi connectivity index (χ1n) is 11.5. The summed E-state index contributed by atoms with van der Waals surface area (Å²) in [6, 6.07) is 15.6. The zero-order valence-electron chi connectivity index (χ0n) is 19.2. The van der Waals surface area contributed by atoms with Gasteiger partial charge < -0.3 is 11.1 Å². The number of nitrogens with two attached hydrogens (primary N) is 1. The number of nitrogens with zero attached hydrogens (tertiary/aromatic N) is 4. The molecular formula is C26H30N6O. The molecule has 0 aliphatic rings. The van der Waals surface area contributed by atoms with Crippen LogP contribution in [0, 0.1) is 6.92 Å². The zero-order chi connectivity index (χ0) is 23.2. The van der Waals surface area contributed by atoms with Crippen LogP contribution >= 0.6 is 0 Å². The molecule has 2 aromatic heterocycles. The van der Waals surface area contributed by atoms with Crippen LogP contribution in [0.1, 0.15) is 60.5 Å². The molecule has 2 heterocycles. The fourth-order valence-corrected chi connectivity index (χ4v) is 3.78. The Labute approximate surface area is 193 Å². The van der Waals surface area contributed by atoms with Gasteiger partial charge in [-0.2, -0.15) is 9.78 Å². The van der Waals surface area contributed by atoms with Gasteiger partial charge in [-0.05, 0) is 31.0 Å². The van der Waals surface area contributed by atoms with Crippen LogP contribution in [0.15, 0.2) is 53.6 Å². The third kappa shape index (κ3) is 5.03. The number of carbonyl (C=O) groups excluding carboxylic acids is 1. The molecule has 33 heavy (non-hydrogen) atoms. The number of fused-ring (bicyclic) bond motifs is 2. The van der Waals surface area contributed by atoms with Crippen molar-refractivity contribution in [2.75, 3.05) is 12.3 Å². The number of benzene rings is 2. The van der Waals surface area contributed by atoms with Crippen molar-refractivity contribution in [2.24, 2.45) is 5.10 Å². The number of para-hydroxylation sites is 2. The van der Waals surface area contributed by atoms with Crippen LogP contribution in [0.3, 0.4) is 0 Å². The SMILES string of the molecule is CCCCCCCNC(=O)c1c(N)n(/N=C\c2ccc(C)cc2)c2nc3ccccc3nc12. The lowest BCUT2D eigenvalue weighted by Crippen LogP contribution is -2.25. The number of nitrogens with one attached hydrogen (secondary N) is 1. The third-order valence-electron chi connectivity index (χ3n) is 5.67. The van der Waals surface area contributed by atoms with Crippen LogP contribution in [0.4, 0.5) is 5.82 Å². The number of aryl methyl sites for hydroxylation is 1. The molecule has 7 heteroatoms. The Morgan fingerprint density at radius 3 is 2.45 bits per heavy atom. The Morgan fingerprint density at radius 2 is 1.73 bits per heavy atom. The van der Waals surface area contributed by atoms with Crippen LogP contribution in [-0.4, -0.2) is 33.3 Å². The van der Waals surface area contributed by atoms with Crippen molar-refractivity contribution in [2.45, 2.75) is 46.0 Å². The predicted octanol–water partition coefficient (Wildman–Crippen LogP) is 5.06. The molecule has 0 bridgehead atoms. The fourth-order valence-electron chi connectivity index (χ4n) is 3.78. The van der Waals surface area contributed by atoms with E-state index in [2.05, 4.69) is 17.3 Å². The van der Waals surface area contributed by atoms with Crippen molar-refractivity contribution < 1.29 is 4.79 Å². The zero-order valence-corrected chi connectivity index (χ0v) is 19.2. The minimum Gasteiger partial charge on any atom is -0.383 e. The molecule has 3 N–H and O–H groups in total. The molecule has 1 amide bonds. The predicted molar refractivity (Wildman–Crippen MR) is 135 cm³/mol. The summed E-state index contributed by atoms with van der Waals surface area (Å²) in [6.45, 7) is 4.82. The summed E-state index contributed by atoms with van der Waals surface area (Å²) in [5.41, 5.74) is 11.2. The quantitative estimate of drug-likeness (QED) is 0.280. The first-order chi connectivity index (χ1) is 16.1. The molecule has 0 spiro atoms. The van der Waals surface area contributed by atoms with E-state index in [0.717, 1.165) is 23.9 Å². The number of rotatable bonds is 9. The highest BCUT2D eigenvalue weighted by atomic mass is 16.1. The average Bonchev–Trinajstić information content (AvgIpc) is 3.09. The molecule has 0 aliphatic carbocycles. The van der Waals surface area contributed by atoms with Crippen molar-refractivity contribution >= 4 is 40.1 Å². The highest BCUT2D eigenvalue weighted by Crippen LogP contribution is 2.27. The van der Waals surface area contributed by atoms with Crippen molar-refractivity contribution in [1.29, 1.82) is 0 Å². The van der Waals surface area contributed by atoms with Crippen LogP contribution < -0.4 is 11.1 Å². The van der Waals surface area contributed by atoms with E-state index in [4.69, 9.17) is 15.7 Å². The van der Waals surface area contributed by atoms with Gasteiger partial charge in [-0.15, -0.1) is 0 Å². The van der Waals surface area contributed by atoms with Crippen LogP contribution in [0.5, 0.6) is 0 Å². The molecule has 0 fully saturated rings. The molecule has 4 rings (SSSR count). The second-order valence-electron chi connectivity index (χ2n) is 8.28. The molecule has 7 nitrogen and oxygen atoms in total. The second-order valence-corrected chi connectivity index (χ2v) is 8.28. The fraction of sp³-hybridized carbons (Fsp3) is 0.308. The standard InChI is InChI=1S/C26H30N6O/c1-3-4-5-6-9-16-28-26(33)22-23-25(31-21-11-8-7-10-20(21)30-23)32(24(22)27)29-17-19-14-12-18(2)13-15-19/h7-8,10-15,17H,3-6,9,16,27H2,1-2H3,(H,28,33)/b29-17-. The van der Waals surface area contributed by atoms with Gasteiger partial charge in [0.2, 0.25) is 0 Å². The van der Waals surface area contributed by atoms with Gasteiger partial charge in [-0.1, -0.05) is 74.6 Å². The first kappa shape index (κ1) is 22.5. The van der Waals surface area contributed by atoms with Gasteiger partial charge in [-0.3, -0.25) is 4.79 Å².